The van der Waals surface area contributed by atoms with E-state index in [4.69, 9.17) is 4.74 Å². The first-order valence-corrected chi connectivity index (χ1v) is 12.6. The van der Waals surface area contributed by atoms with Crippen molar-refractivity contribution < 1.29 is 19.1 Å². The van der Waals surface area contributed by atoms with E-state index in [0.717, 1.165) is 21.5 Å². The first-order valence-electron chi connectivity index (χ1n) is 10.7. The molecule has 4 N–H and O–H groups in total. The summed E-state index contributed by atoms with van der Waals surface area (Å²) in [6.45, 7) is 0.374. The number of thioether (sulfide) groups is 1. The molecule has 4 rings (SSSR count). The number of para-hydroxylation sites is 1. The van der Waals surface area contributed by atoms with E-state index in [2.05, 4.69) is 26.3 Å². The van der Waals surface area contributed by atoms with Gasteiger partial charge in [-0.3, -0.25) is 19.7 Å². The molecule has 0 radical (unpaired) electrons. The molecule has 2 heterocycles. The molecule has 1 aliphatic rings. The summed E-state index contributed by atoms with van der Waals surface area (Å²) in [5, 5.41) is 12.2. The third-order valence-electron chi connectivity index (χ3n) is 5.09. The molecule has 9 nitrogen and oxygen atoms in total. The van der Waals surface area contributed by atoms with Crippen LogP contribution in [0.1, 0.15) is 18.4 Å². The number of anilines is 1. The lowest BCUT2D eigenvalue weighted by molar-refractivity contribution is -0.125. The number of nitrogens with zero attached hydrogens (tertiary/aromatic N) is 1. The standard InChI is InChI=1S/C23H25N5O4S2/c1-32-16-6-4-5-14(9-16)12-24-19(29)10-15-11-20(30)27-22(25-15)33-13-21(31)28-23-26-17-7-2-3-8-18(17)34-23/h2-9,15,22,25H,10-13H2,1H3,(H,24,29)(H,27,30)(H,26,28,31). The van der Waals surface area contributed by atoms with Crippen LogP contribution < -0.4 is 26.0 Å². The minimum atomic E-state index is -0.460. The summed E-state index contributed by atoms with van der Waals surface area (Å²) >= 11 is 2.67. The molecule has 34 heavy (non-hydrogen) atoms. The molecular formula is C23H25N5O4S2. The van der Waals surface area contributed by atoms with E-state index in [1.165, 1.54) is 23.1 Å². The molecule has 11 heteroatoms. The van der Waals surface area contributed by atoms with Crippen molar-refractivity contribution in [2.45, 2.75) is 30.9 Å². The second-order valence-corrected chi connectivity index (χ2v) is 9.82. The van der Waals surface area contributed by atoms with E-state index in [1.54, 1.807) is 7.11 Å². The van der Waals surface area contributed by atoms with Crippen molar-refractivity contribution in [2.24, 2.45) is 0 Å². The molecule has 0 saturated carbocycles. The number of methoxy groups -OCH3 is 1. The van der Waals surface area contributed by atoms with Gasteiger partial charge in [-0.15, -0.1) is 11.8 Å². The number of thiazole rings is 1. The molecule has 1 fully saturated rings. The molecule has 2 unspecified atom stereocenters. The summed E-state index contributed by atoms with van der Waals surface area (Å²) in [4.78, 5) is 41.3. The van der Waals surface area contributed by atoms with Crippen LogP contribution in [0.4, 0.5) is 5.13 Å². The highest BCUT2D eigenvalue weighted by Gasteiger charge is 2.28. The average Bonchev–Trinajstić information content (AvgIpc) is 3.23. The molecule has 178 valence electrons. The monoisotopic (exact) mass is 499 g/mol. The van der Waals surface area contributed by atoms with Gasteiger partial charge in [0, 0.05) is 25.4 Å². The van der Waals surface area contributed by atoms with Crippen LogP contribution >= 0.6 is 23.1 Å². The Kier molecular flexibility index (Phi) is 7.99. The van der Waals surface area contributed by atoms with Crippen LogP contribution in [0.2, 0.25) is 0 Å². The lowest BCUT2D eigenvalue weighted by Gasteiger charge is -2.30. The zero-order valence-corrected chi connectivity index (χ0v) is 20.1. The first-order chi connectivity index (χ1) is 16.5. The quantitative estimate of drug-likeness (QED) is 0.357. The van der Waals surface area contributed by atoms with Gasteiger partial charge in [0.15, 0.2) is 5.13 Å². The number of ether oxygens (including phenoxy) is 1. The fraction of sp³-hybridized carbons (Fsp3) is 0.304. The number of benzene rings is 2. The maximum absolute atomic E-state index is 12.4. The van der Waals surface area contributed by atoms with Crippen LogP contribution in [-0.2, 0) is 20.9 Å². The van der Waals surface area contributed by atoms with E-state index < -0.39 is 5.50 Å². The Morgan fingerprint density at radius 1 is 1.21 bits per heavy atom. The molecule has 0 bridgehead atoms. The van der Waals surface area contributed by atoms with Gasteiger partial charge in [-0.2, -0.15) is 0 Å². The Hall–Kier alpha value is -3.15. The van der Waals surface area contributed by atoms with Crippen molar-refractivity contribution in [1.82, 2.24) is 20.9 Å². The Morgan fingerprint density at radius 3 is 2.88 bits per heavy atom. The summed E-state index contributed by atoms with van der Waals surface area (Å²) < 4.78 is 6.19. The number of rotatable bonds is 9. The molecule has 0 aliphatic carbocycles. The van der Waals surface area contributed by atoms with E-state index in [1.807, 2.05) is 48.5 Å². The van der Waals surface area contributed by atoms with Gasteiger partial charge in [0.25, 0.3) is 0 Å². The molecule has 1 aromatic heterocycles. The highest BCUT2D eigenvalue weighted by Crippen LogP contribution is 2.25. The summed E-state index contributed by atoms with van der Waals surface area (Å²) in [5.41, 5.74) is 1.30. The highest BCUT2D eigenvalue weighted by molar-refractivity contribution is 8.00. The van der Waals surface area contributed by atoms with Gasteiger partial charge in [-0.05, 0) is 29.8 Å². The molecule has 2 atom stereocenters. The SMILES string of the molecule is COc1cccc(CNC(=O)CC2CC(=O)NC(SCC(=O)Nc3nc4ccccc4s3)N2)c1. The van der Waals surface area contributed by atoms with Gasteiger partial charge in [0.1, 0.15) is 11.2 Å². The summed E-state index contributed by atoms with van der Waals surface area (Å²) in [5.74, 6) is 0.325. The molecule has 1 aliphatic heterocycles. The van der Waals surface area contributed by atoms with Crippen LogP contribution in [0.25, 0.3) is 10.2 Å². The normalized spacial score (nSPS) is 17.7. The van der Waals surface area contributed by atoms with E-state index in [9.17, 15) is 14.4 Å². The maximum atomic E-state index is 12.4. The average molecular weight is 500 g/mol. The molecule has 0 spiro atoms. The third kappa shape index (κ3) is 6.69. The number of nitrogens with one attached hydrogen (secondary N) is 4. The van der Waals surface area contributed by atoms with E-state index in [-0.39, 0.29) is 42.4 Å². The van der Waals surface area contributed by atoms with Gasteiger partial charge in [0.2, 0.25) is 17.7 Å². The fourth-order valence-electron chi connectivity index (χ4n) is 3.48. The zero-order chi connectivity index (χ0) is 23.9. The number of carbonyl (C=O) groups excluding carboxylic acids is 3. The summed E-state index contributed by atoms with van der Waals surface area (Å²) in [7, 11) is 1.59. The van der Waals surface area contributed by atoms with Crippen LogP contribution in [-0.4, -0.2) is 47.1 Å². The molecule has 3 amide bonds. The Balaban J connectivity index is 1.22. The van der Waals surface area contributed by atoms with Gasteiger partial charge in [0.05, 0.1) is 23.1 Å². The number of hydrogen-bond donors (Lipinski definition) is 4. The first kappa shape index (κ1) is 24.0. The fourth-order valence-corrected chi connectivity index (χ4v) is 5.26. The number of amides is 3. The van der Waals surface area contributed by atoms with E-state index in [0.29, 0.717) is 11.7 Å². The lowest BCUT2D eigenvalue weighted by atomic mass is 10.1. The third-order valence-corrected chi connectivity index (χ3v) is 7.06. The highest BCUT2D eigenvalue weighted by atomic mass is 32.2. The number of hydrogen-bond acceptors (Lipinski definition) is 8. The molecular weight excluding hydrogens is 474 g/mol. The lowest BCUT2D eigenvalue weighted by Crippen LogP contribution is -2.56. The van der Waals surface area contributed by atoms with Crippen molar-refractivity contribution in [3.05, 3.63) is 54.1 Å². The molecule has 1 saturated heterocycles. The molecule has 3 aromatic rings. The summed E-state index contributed by atoms with van der Waals surface area (Å²) in [6.07, 6.45) is 0.355. The predicted octanol–water partition coefficient (Wildman–Crippen LogP) is 2.44. The topological polar surface area (TPSA) is 121 Å². The number of aromatic nitrogens is 1. The smallest absolute Gasteiger partial charge is 0.236 e. The van der Waals surface area contributed by atoms with Gasteiger partial charge < -0.3 is 20.7 Å². The van der Waals surface area contributed by atoms with Crippen LogP contribution in [0, 0.1) is 0 Å². The number of carbonyl (C=O) groups is 3. The van der Waals surface area contributed by atoms with Crippen LogP contribution in [0.15, 0.2) is 48.5 Å². The van der Waals surface area contributed by atoms with E-state index >= 15 is 0 Å². The van der Waals surface area contributed by atoms with Crippen LogP contribution in [0.3, 0.4) is 0 Å². The minimum Gasteiger partial charge on any atom is -0.497 e. The summed E-state index contributed by atoms with van der Waals surface area (Å²) in [6, 6.07) is 14.8. The van der Waals surface area contributed by atoms with Gasteiger partial charge in [-0.1, -0.05) is 35.6 Å². The van der Waals surface area contributed by atoms with Gasteiger partial charge >= 0.3 is 0 Å². The molecule has 2 aromatic carbocycles. The van der Waals surface area contributed by atoms with Gasteiger partial charge in [-0.25, -0.2) is 4.98 Å². The number of fused-ring (bicyclic) bond motifs is 1. The largest absolute Gasteiger partial charge is 0.497 e. The minimum absolute atomic E-state index is 0.128. The zero-order valence-electron chi connectivity index (χ0n) is 18.5. The second-order valence-electron chi connectivity index (χ2n) is 7.69. The Labute approximate surface area is 205 Å². The Morgan fingerprint density at radius 2 is 2.06 bits per heavy atom. The van der Waals surface area contributed by atoms with Crippen molar-refractivity contribution in [3.8, 4) is 5.75 Å². The van der Waals surface area contributed by atoms with Crippen molar-refractivity contribution in [1.29, 1.82) is 0 Å². The van der Waals surface area contributed by atoms with Crippen molar-refractivity contribution >= 4 is 56.2 Å². The predicted molar refractivity (Wildman–Crippen MR) is 134 cm³/mol. The maximum Gasteiger partial charge on any atom is 0.236 e. The second kappa shape index (κ2) is 11.3. The Bertz CT molecular complexity index is 1150. The van der Waals surface area contributed by atoms with Crippen LogP contribution in [0.5, 0.6) is 5.75 Å². The van der Waals surface area contributed by atoms with Crippen molar-refractivity contribution in [2.75, 3.05) is 18.2 Å². The van der Waals surface area contributed by atoms with Crippen molar-refractivity contribution in [3.63, 3.8) is 0 Å².